The summed E-state index contributed by atoms with van der Waals surface area (Å²) in [6.45, 7) is 0. The Morgan fingerprint density at radius 3 is 2.18 bits per heavy atom. The van der Waals surface area contributed by atoms with Crippen LogP contribution in [0.1, 0.15) is 0 Å². The average molecular weight is 171 g/mol. The molecule has 1 rings (SSSR count). The van der Waals surface area contributed by atoms with Crippen LogP contribution >= 0.6 is 0 Å². The highest BCUT2D eigenvalue weighted by atomic mass is 32.2. The fraction of sp³-hybridized carbons (Fsp3) is 0. The molecule has 3 nitrogen and oxygen atoms in total. The molecule has 0 fully saturated rings. The molecular formula is C7H7O3S. The molecule has 0 aliphatic rings. The van der Waals surface area contributed by atoms with E-state index >= 15 is 0 Å². The van der Waals surface area contributed by atoms with Gasteiger partial charge in [-0.25, -0.2) is 0 Å². The van der Waals surface area contributed by atoms with Crippen molar-refractivity contribution < 1.29 is 12.6 Å². The predicted molar refractivity (Wildman–Crippen MR) is 40.1 cm³/mol. The molecule has 0 bridgehead atoms. The first-order chi connectivity index (χ1) is 5.17. The summed E-state index contributed by atoms with van der Waals surface area (Å²) in [7, 11) is -0.764. The van der Waals surface area contributed by atoms with E-state index in [0.29, 0.717) is 0 Å². The molecule has 0 spiro atoms. The minimum absolute atomic E-state index is 0.120. The van der Waals surface area contributed by atoms with Crippen molar-refractivity contribution in [1.82, 2.24) is 0 Å². The highest BCUT2D eigenvalue weighted by Crippen LogP contribution is 2.09. The summed E-state index contributed by atoms with van der Waals surface area (Å²) in [5.74, 6) is 0. The van der Waals surface area contributed by atoms with Gasteiger partial charge >= 0.3 is 0 Å². The molecule has 1 aromatic carbocycles. The van der Waals surface area contributed by atoms with Gasteiger partial charge in [0.05, 0.1) is 12.0 Å². The average Bonchev–Trinajstić information content (AvgIpc) is 2.06. The Morgan fingerprint density at radius 2 is 1.73 bits per heavy atom. The largest absolute Gasteiger partial charge is 0.297 e. The predicted octanol–water partition coefficient (Wildman–Crippen LogP) is 1.18. The van der Waals surface area contributed by atoms with Crippen LogP contribution in [0.3, 0.4) is 0 Å². The van der Waals surface area contributed by atoms with Gasteiger partial charge in [-0.05, 0) is 12.1 Å². The molecule has 0 saturated carbocycles. The van der Waals surface area contributed by atoms with E-state index in [1.165, 1.54) is 12.1 Å². The minimum Gasteiger partial charge on any atom is -0.264 e. The van der Waals surface area contributed by atoms with Crippen molar-refractivity contribution in [2.24, 2.45) is 0 Å². The lowest BCUT2D eigenvalue weighted by Gasteiger charge is -1.98. The highest BCUT2D eigenvalue weighted by molar-refractivity contribution is 7.86. The van der Waals surface area contributed by atoms with E-state index in [2.05, 4.69) is 11.3 Å². The third kappa shape index (κ3) is 1.78. The van der Waals surface area contributed by atoms with Crippen LogP contribution in [-0.2, 0) is 14.3 Å². The topological polar surface area (TPSA) is 43.4 Å². The molecule has 0 aromatic heterocycles. The van der Waals surface area contributed by atoms with Gasteiger partial charge in [-0.15, -0.1) is 0 Å². The molecule has 0 heterocycles. The first kappa shape index (κ1) is 8.23. The van der Waals surface area contributed by atoms with Gasteiger partial charge < -0.3 is 0 Å². The molecule has 0 saturated heterocycles. The van der Waals surface area contributed by atoms with Crippen LogP contribution in [0.2, 0.25) is 0 Å². The van der Waals surface area contributed by atoms with Crippen molar-refractivity contribution in [3.05, 3.63) is 37.4 Å². The number of benzene rings is 1. The van der Waals surface area contributed by atoms with E-state index in [-0.39, 0.29) is 4.90 Å². The zero-order valence-corrected chi connectivity index (χ0v) is 6.54. The van der Waals surface area contributed by atoms with E-state index < -0.39 is 10.1 Å². The SMILES string of the molecule is [CH2]OS(=O)(=O)c1ccccc1. The minimum atomic E-state index is -3.61. The van der Waals surface area contributed by atoms with Gasteiger partial charge in [-0.2, -0.15) is 8.42 Å². The van der Waals surface area contributed by atoms with Gasteiger partial charge in [-0.1, -0.05) is 18.2 Å². The van der Waals surface area contributed by atoms with Crippen molar-refractivity contribution in [3.8, 4) is 0 Å². The van der Waals surface area contributed by atoms with Gasteiger partial charge in [0.1, 0.15) is 0 Å². The summed E-state index contributed by atoms with van der Waals surface area (Å²) >= 11 is 0. The van der Waals surface area contributed by atoms with Crippen LogP contribution in [0.5, 0.6) is 0 Å². The van der Waals surface area contributed by atoms with Crippen LogP contribution in [0.15, 0.2) is 35.2 Å². The summed E-state index contributed by atoms with van der Waals surface area (Å²) in [5.41, 5.74) is 0. The van der Waals surface area contributed by atoms with Crippen molar-refractivity contribution in [3.63, 3.8) is 0 Å². The van der Waals surface area contributed by atoms with E-state index in [9.17, 15) is 8.42 Å². The third-order valence-electron chi connectivity index (χ3n) is 1.19. The Morgan fingerprint density at radius 1 is 1.18 bits per heavy atom. The Balaban J connectivity index is 3.14. The molecule has 1 aromatic rings. The molecule has 0 unspecified atom stereocenters. The van der Waals surface area contributed by atoms with Crippen LogP contribution < -0.4 is 0 Å². The molecule has 0 amide bonds. The molecule has 0 N–H and O–H groups in total. The van der Waals surface area contributed by atoms with E-state index in [0.717, 1.165) is 0 Å². The second kappa shape index (κ2) is 3.02. The quantitative estimate of drug-likeness (QED) is 0.627. The molecule has 0 atom stereocenters. The maximum atomic E-state index is 10.9. The maximum absolute atomic E-state index is 10.9. The van der Waals surface area contributed by atoms with Gasteiger partial charge in [0, 0.05) is 0 Å². The van der Waals surface area contributed by atoms with Crippen molar-refractivity contribution >= 4 is 10.1 Å². The number of hydrogen-bond donors (Lipinski definition) is 0. The second-order valence-corrected chi connectivity index (χ2v) is 3.50. The second-order valence-electron chi connectivity index (χ2n) is 1.89. The van der Waals surface area contributed by atoms with E-state index in [4.69, 9.17) is 0 Å². The van der Waals surface area contributed by atoms with Crippen LogP contribution in [0.4, 0.5) is 0 Å². The molecular weight excluding hydrogens is 164 g/mol. The summed E-state index contributed by atoms with van der Waals surface area (Å²) in [4.78, 5) is 0.120. The van der Waals surface area contributed by atoms with Gasteiger partial charge in [0.25, 0.3) is 10.1 Å². The van der Waals surface area contributed by atoms with E-state index in [1.807, 2.05) is 0 Å². The maximum Gasteiger partial charge on any atom is 0.297 e. The molecule has 0 aliphatic heterocycles. The van der Waals surface area contributed by atoms with Crippen molar-refractivity contribution in [2.45, 2.75) is 4.90 Å². The molecule has 59 valence electrons. The Hall–Kier alpha value is -0.870. The van der Waals surface area contributed by atoms with Crippen LogP contribution in [0.25, 0.3) is 0 Å². The van der Waals surface area contributed by atoms with Crippen molar-refractivity contribution in [2.75, 3.05) is 0 Å². The first-order valence-electron chi connectivity index (χ1n) is 2.90. The van der Waals surface area contributed by atoms with Gasteiger partial charge in [0.2, 0.25) is 0 Å². The van der Waals surface area contributed by atoms with Crippen LogP contribution in [-0.4, -0.2) is 8.42 Å². The standard InChI is InChI=1S/C7H7O3S/c1-10-11(8,9)7-5-3-2-4-6-7/h2-6H,1H2. The number of rotatable bonds is 2. The zero-order chi connectivity index (χ0) is 8.32. The molecule has 4 heteroatoms. The monoisotopic (exact) mass is 171 g/mol. The summed E-state index contributed by atoms with van der Waals surface area (Å²) in [5, 5.41) is 0. The fourth-order valence-corrected chi connectivity index (χ4v) is 1.28. The zero-order valence-electron chi connectivity index (χ0n) is 5.73. The molecule has 1 radical (unpaired) electrons. The summed E-state index contributed by atoms with van der Waals surface area (Å²) < 4.78 is 25.9. The fourth-order valence-electron chi connectivity index (χ4n) is 0.655. The number of hydrogen-bond acceptors (Lipinski definition) is 3. The Kier molecular flexibility index (Phi) is 2.26. The Bertz CT molecular complexity index is 315. The van der Waals surface area contributed by atoms with Gasteiger partial charge in [-0.3, -0.25) is 4.18 Å². The lowest BCUT2D eigenvalue weighted by atomic mass is 10.4. The van der Waals surface area contributed by atoms with E-state index in [1.54, 1.807) is 18.2 Å². The van der Waals surface area contributed by atoms with Crippen molar-refractivity contribution in [1.29, 1.82) is 0 Å². The molecule has 11 heavy (non-hydrogen) atoms. The molecule has 0 aliphatic carbocycles. The summed E-state index contributed by atoms with van der Waals surface area (Å²) in [6, 6.07) is 7.85. The highest BCUT2D eigenvalue weighted by Gasteiger charge is 2.10. The Labute approximate surface area is 65.7 Å². The smallest absolute Gasteiger partial charge is 0.264 e. The third-order valence-corrected chi connectivity index (χ3v) is 2.35. The van der Waals surface area contributed by atoms with Crippen LogP contribution in [0, 0.1) is 7.11 Å². The normalized spacial score (nSPS) is 11.4. The summed E-state index contributed by atoms with van der Waals surface area (Å²) in [6.07, 6.45) is 0. The van der Waals surface area contributed by atoms with Gasteiger partial charge in [0.15, 0.2) is 0 Å². The first-order valence-corrected chi connectivity index (χ1v) is 4.31. The lowest BCUT2D eigenvalue weighted by Crippen LogP contribution is -2.00. The lowest BCUT2D eigenvalue weighted by molar-refractivity contribution is 0.438.